The van der Waals surface area contributed by atoms with E-state index in [2.05, 4.69) is 0 Å². The van der Waals surface area contributed by atoms with E-state index < -0.39 is 74.7 Å². The number of carboxylic acids is 4. The average Bonchev–Trinajstić information content (AvgIpc) is 2.66. The number of carboxylic acid groups (broad SMARTS) is 4. The van der Waals surface area contributed by atoms with E-state index in [9.17, 15) is 39.6 Å². The monoisotopic (exact) mass is 510 g/mol. The second-order valence-electron chi connectivity index (χ2n) is 4.07. The van der Waals surface area contributed by atoms with Gasteiger partial charge in [-0.05, 0) is 0 Å². The molecule has 4 unspecified atom stereocenters. The molecule has 0 rings (SSSR count). The smallest absolute Gasteiger partial charge is 0.547 e. The van der Waals surface area contributed by atoms with Gasteiger partial charge in [0.25, 0.3) is 0 Å². The van der Waals surface area contributed by atoms with E-state index >= 15 is 0 Å². The summed E-state index contributed by atoms with van der Waals surface area (Å²) in [4.78, 5) is 37.6. The number of carbonyl (C=O) groups is 4. The van der Waals surface area contributed by atoms with Crippen molar-refractivity contribution in [2.24, 2.45) is 0 Å². The fraction of sp³-hybridized carbons (Fsp3) is 0.667. The van der Waals surface area contributed by atoms with Gasteiger partial charge in [0.05, 0.1) is 50.3 Å². The molecule has 0 radical (unpaired) electrons. The molecule has 0 saturated heterocycles. The van der Waals surface area contributed by atoms with Crippen molar-refractivity contribution in [2.75, 3.05) is 26.4 Å². The topological polar surface area (TPSA) is 322 Å². The molecule has 4 atom stereocenters. The van der Waals surface area contributed by atoms with Crippen LogP contribution in [0.3, 0.4) is 0 Å². The zero-order valence-corrected chi connectivity index (χ0v) is 16.9. The van der Waals surface area contributed by atoms with Gasteiger partial charge in [0.2, 0.25) is 0 Å². The summed E-state index contributed by atoms with van der Waals surface area (Å²) in [6.45, 7) is -3.16. The van der Waals surface area contributed by atoms with Crippen LogP contribution in [0.25, 0.3) is 0 Å². The summed E-state index contributed by atoms with van der Waals surface area (Å²) in [6, 6.07) is 0. The van der Waals surface area contributed by atoms with Gasteiger partial charge >= 0.3 is 26.2 Å². The Morgan fingerprint density at radius 1 is 0.483 bits per heavy atom. The van der Waals surface area contributed by atoms with E-state index in [4.69, 9.17) is 40.9 Å². The van der Waals surface area contributed by atoms with Crippen LogP contribution in [0, 0.1) is 0 Å². The second-order valence-corrected chi connectivity index (χ2v) is 4.07. The molecule has 0 aliphatic heterocycles. The Hall–Kier alpha value is -1.56. The number of aliphatic hydroxyl groups is 8. The van der Waals surface area contributed by atoms with Crippen molar-refractivity contribution in [1.82, 2.24) is 0 Å². The third-order valence-electron chi connectivity index (χ3n) is 1.78. The van der Waals surface area contributed by atoms with Crippen LogP contribution in [-0.2, 0) is 45.4 Å². The van der Waals surface area contributed by atoms with Gasteiger partial charge in [-0.1, -0.05) is 0 Å². The fourth-order valence-corrected chi connectivity index (χ4v) is 0.298. The zero-order chi connectivity index (χ0) is 23.4. The normalized spacial score (nSPS) is 13.0. The van der Waals surface area contributed by atoms with Crippen LogP contribution in [0.1, 0.15) is 0 Å². The number of hydrogen-bond acceptors (Lipinski definition) is 16. The number of carbonyl (C=O) groups excluding carboxylic acids is 4. The Bertz CT molecular complexity index is 364. The molecule has 16 nitrogen and oxygen atoms in total. The van der Waals surface area contributed by atoms with Crippen molar-refractivity contribution in [3.8, 4) is 0 Å². The maximum atomic E-state index is 9.41. The van der Waals surface area contributed by atoms with Crippen molar-refractivity contribution in [3.05, 3.63) is 0 Å². The average molecular weight is 512 g/mol. The molecule has 0 aromatic heterocycles. The van der Waals surface area contributed by atoms with Crippen LogP contribution in [-0.4, -0.2) is 116 Å². The summed E-state index contributed by atoms with van der Waals surface area (Å²) >= 11 is 0. The fourth-order valence-electron chi connectivity index (χ4n) is 0.298. The van der Waals surface area contributed by atoms with E-state index in [0.717, 1.165) is 0 Å². The summed E-state index contributed by atoms with van der Waals surface area (Å²) in [6.07, 6.45) is -6.94. The third-order valence-corrected chi connectivity index (χ3v) is 1.78. The van der Waals surface area contributed by atoms with Crippen LogP contribution in [0.4, 0.5) is 0 Å². The Morgan fingerprint density at radius 2 is 0.586 bits per heavy atom. The molecule has 8 N–H and O–H groups in total. The molecular formula is C12H20O16Zr. The van der Waals surface area contributed by atoms with E-state index in [1.807, 2.05) is 0 Å². The molecule has 0 aromatic rings. The van der Waals surface area contributed by atoms with Crippen molar-refractivity contribution in [3.63, 3.8) is 0 Å². The minimum absolute atomic E-state index is 0. The Balaban J connectivity index is -0.0000000873. The van der Waals surface area contributed by atoms with Crippen LogP contribution in [0.5, 0.6) is 0 Å². The molecule has 0 aliphatic rings. The quantitative estimate of drug-likeness (QED) is 0.150. The van der Waals surface area contributed by atoms with Gasteiger partial charge in [-0.2, -0.15) is 0 Å². The molecule has 0 aromatic carbocycles. The molecule has 0 amide bonds. The predicted octanol–water partition coefficient (Wildman–Crippen LogP) is -11.6. The maximum absolute atomic E-state index is 9.41. The number of aliphatic hydroxyl groups excluding tert-OH is 8. The molecule has 168 valence electrons. The van der Waals surface area contributed by atoms with Gasteiger partial charge in [-0.3, -0.25) is 0 Å². The first-order valence-corrected chi connectivity index (χ1v) is 6.72. The van der Waals surface area contributed by atoms with Crippen molar-refractivity contribution in [2.45, 2.75) is 24.4 Å². The van der Waals surface area contributed by atoms with Crippen LogP contribution in [0.15, 0.2) is 0 Å². The summed E-state index contributed by atoms with van der Waals surface area (Å²) in [5.41, 5.74) is 0. The van der Waals surface area contributed by atoms with E-state index in [-0.39, 0.29) is 26.2 Å². The second kappa shape index (κ2) is 24.5. The van der Waals surface area contributed by atoms with Crippen molar-refractivity contribution in [1.29, 1.82) is 0 Å². The predicted molar refractivity (Wildman–Crippen MR) is 72.4 cm³/mol. The van der Waals surface area contributed by atoms with Crippen LogP contribution >= 0.6 is 0 Å². The molecule has 17 heteroatoms. The number of rotatable bonds is 8. The summed E-state index contributed by atoms with van der Waals surface area (Å²) in [5, 5.41) is 101. The molecule has 0 aliphatic carbocycles. The van der Waals surface area contributed by atoms with Gasteiger partial charge in [0, 0.05) is 0 Å². The van der Waals surface area contributed by atoms with Crippen LogP contribution < -0.4 is 20.4 Å². The summed E-state index contributed by atoms with van der Waals surface area (Å²) in [7, 11) is 0. The van der Waals surface area contributed by atoms with Gasteiger partial charge < -0.3 is 80.5 Å². The van der Waals surface area contributed by atoms with E-state index in [1.54, 1.807) is 0 Å². The molecule has 0 fully saturated rings. The van der Waals surface area contributed by atoms with Gasteiger partial charge in [0.1, 0.15) is 24.4 Å². The largest absolute Gasteiger partial charge is 4.00 e. The number of aliphatic carboxylic acids is 4. The first-order chi connectivity index (χ1) is 12.7. The van der Waals surface area contributed by atoms with Crippen molar-refractivity contribution >= 4 is 23.9 Å². The minimum atomic E-state index is -1.74. The molecular weight excluding hydrogens is 491 g/mol. The van der Waals surface area contributed by atoms with Gasteiger partial charge in [-0.25, -0.2) is 0 Å². The molecule has 0 spiro atoms. The standard InChI is InChI=1S/4C3H6O4.Zr/c4*4-1-2(5)3(6)7;/h4*2,4-5H,1H2,(H,6,7);/q;;;;+4/p-4. The summed E-state index contributed by atoms with van der Waals surface area (Å²) < 4.78 is 0. The van der Waals surface area contributed by atoms with E-state index in [0.29, 0.717) is 0 Å². The van der Waals surface area contributed by atoms with Gasteiger partial charge in [-0.15, -0.1) is 0 Å². The Kier molecular flexibility index (Phi) is 32.2. The molecule has 0 bridgehead atoms. The SMILES string of the molecule is O=C([O-])C(O)CO.O=C([O-])C(O)CO.O=C([O-])C(O)CO.O=C([O-])C(O)CO.[Zr+4]. The molecule has 29 heavy (non-hydrogen) atoms. The van der Waals surface area contributed by atoms with Crippen molar-refractivity contribution < 1.29 is 107 Å². The Morgan fingerprint density at radius 3 is 0.586 bits per heavy atom. The van der Waals surface area contributed by atoms with Gasteiger partial charge in [0.15, 0.2) is 0 Å². The zero-order valence-electron chi connectivity index (χ0n) is 14.5. The third kappa shape index (κ3) is 31.4. The first kappa shape index (κ1) is 38.1. The molecule has 0 heterocycles. The first-order valence-electron chi connectivity index (χ1n) is 6.72. The van der Waals surface area contributed by atoms with E-state index in [1.165, 1.54) is 0 Å². The Labute approximate surface area is 181 Å². The number of hydrogen-bond donors (Lipinski definition) is 8. The molecule has 0 saturated carbocycles. The summed E-state index contributed by atoms with van der Waals surface area (Å²) in [5.74, 6) is -6.60. The maximum Gasteiger partial charge on any atom is 4.00 e. The van der Waals surface area contributed by atoms with Crippen LogP contribution in [0.2, 0.25) is 0 Å². The minimum Gasteiger partial charge on any atom is -0.547 e.